The Morgan fingerprint density at radius 1 is 0.458 bits per heavy atom. The van der Waals surface area contributed by atoms with E-state index >= 15 is 0 Å². The van der Waals surface area contributed by atoms with Crippen molar-refractivity contribution < 1.29 is 142 Å². The van der Waals surface area contributed by atoms with Crippen molar-refractivity contribution >= 4 is 64.1 Å². The van der Waals surface area contributed by atoms with Gasteiger partial charge < -0.3 is 151 Å². The highest BCUT2D eigenvalue weighted by Gasteiger charge is 2.48. The van der Waals surface area contributed by atoms with E-state index in [0.29, 0.717) is 45.1 Å². The molecule has 39 nitrogen and oxygen atoms in total. The lowest BCUT2D eigenvalue weighted by Crippen LogP contribution is -2.64. The molecule has 0 radical (unpaired) electrons. The third-order valence-electron chi connectivity index (χ3n) is 17.6. The Bertz CT molecular complexity index is 3030. The molecule has 0 aliphatic carbocycles. The molecule has 9 amide bonds. The first-order valence-electron chi connectivity index (χ1n) is 36.1. The van der Waals surface area contributed by atoms with Crippen molar-refractivity contribution in [1.82, 2.24) is 52.4 Å². The molecule has 20 N–H and O–H groups in total. The molecule has 3 saturated heterocycles. The summed E-state index contributed by atoms with van der Waals surface area (Å²) >= 11 is 0. The minimum atomic E-state index is -1.55. The molecule has 4 heterocycles. The summed E-state index contributed by atoms with van der Waals surface area (Å²) in [5, 5.41) is 136. The minimum absolute atomic E-state index is 0.0268. The monoisotopic (exact) mass is 1530 g/mol. The van der Waals surface area contributed by atoms with E-state index in [1.807, 2.05) is 35.0 Å². The predicted octanol–water partition coefficient (Wildman–Crippen LogP) is -7.81. The topological polar surface area (TPSA) is 572 Å². The van der Waals surface area contributed by atoms with Crippen LogP contribution in [-0.2, 0) is 98.7 Å². The number of rotatable bonds is 51. The maximum atomic E-state index is 13.8. The number of carbonyl (C=O) groups is 9. The zero-order chi connectivity index (χ0) is 78.4. The maximum Gasteiger partial charge on any atom is 0.242 e. The van der Waals surface area contributed by atoms with E-state index in [1.54, 1.807) is 0 Å². The second kappa shape index (κ2) is 49.4. The number of aliphatic hydroxyl groups is 11. The Morgan fingerprint density at radius 3 is 1.26 bits per heavy atom. The highest BCUT2D eigenvalue weighted by Crippen LogP contribution is 2.27. The van der Waals surface area contributed by atoms with Gasteiger partial charge in [-0.25, -0.2) is 0 Å². The summed E-state index contributed by atoms with van der Waals surface area (Å²) in [6.45, 7) is 0.568. The molecule has 1 aromatic carbocycles. The number of aromatic nitrogens is 1. The number of aryl methyl sites for hydroxylation is 1. The lowest BCUT2D eigenvalue weighted by Gasteiger charge is -2.42. The van der Waals surface area contributed by atoms with Gasteiger partial charge in [0.2, 0.25) is 53.2 Å². The number of nitrogens with zero attached hydrogens (tertiary/aromatic N) is 1. The van der Waals surface area contributed by atoms with Crippen LogP contribution in [-0.4, -0.2) is 336 Å². The van der Waals surface area contributed by atoms with Gasteiger partial charge >= 0.3 is 0 Å². The van der Waals surface area contributed by atoms with Crippen LogP contribution in [0, 0.1) is 0 Å². The van der Waals surface area contributed by atoms with Crippen molar-refractivity contribution in [1.29, 1.82) is 0 Å². The zero-order valence-electron chi connectivity index (χ0n) is 60.7. The van der Waals surface area contributed by atoms with Crippen molar-refractivity contribution in [3.63, 3.8) is 0 Å². The van der Waals surface area contributed by atoms with Crippen LogP contribution < -0.4 is 47.9 Å². The lowest BCUT2D eigenvalue weighted by atomic mass is 9.97. The number of aliphatic hydroxyl groups excluding tert-OH is 11. The first-order valence-corrected chi connectivity index (χ1v) is 36.1. The maximum absolute atomic E-state index is 13.8. The number of hydrogen-bond donors (Lipinski definition) is 20. The molecule has 0 saturated carbocycles. The molecule has 3 aliphatic rings. The summed E-state index contributed by atoms with van der Waals surface area (Å²) in [5.74, 6) is -5.08. The van der Waals surface area contributed by atoms with E-state index in [9.17, 15) is 99.3 Å². The highest BCUT2D eigenvalue weighted by molar-refractivity contribution is 5.90. The molecule has 5 rings (SSSR count). The van der Waals surface area contributed by atoms with Crippen LogP contribution in [0.15, 0.2) is 30.5 Å². The van der Waals surface area contributed by atoms with Crippen LogP contribution in [0.4, 0.5) is 0 Å². The van der Waals surface area contributed by atoms with E-state index in [4.69, 9.17) is 42.6 Å². The number of para-hydroxylation sites is 1. The first-order chi connectivity index (χ1) is 51.3. The molecule has 39 heteroatoms. The van der Waals surface area contributed by atoms with Gasteiger partial charge in [0.15, 0.2) is 18.9 Å². The Morgan fingerprint density at radius 2 is 0.841 bits per heavy atom. The fourth-order valence-electron chi connectivity index (χ4n) is 12.0. The summed E-state index contributed by atoms with van der Waals surface area (Å²) in [7, 11) is 0. The van der Waals surface area contributed by atoms with Crippen LogP contribution in [0.3, 0.4) is 0 Å². The van der Waals surface area contributed by atoms with Gasteiger partial charge in [-0.3, -0.25) is 43.2 Å². The van der Waals surface area contributed by atoms with E-state index < -0.39 is 184 Å². The second-order valence-corrected chi connectivity index (χ2v) is 26.0. The van der Waals surface area contributed by atoms with Gasteiger partial charge in [-0.05, 0) is 50.2 Å². The molecule has 2 aromatic rings. The number of amides is 9. The predicted molar refractivity (Wildman–Crippen MR) is 372 cm³/mol. The van der Waals surface area contributed by atoms with Gasteiger partial charge in [0.1, 0.15) is 85.1 Å². The van der Waals surface area contributed by atoms with Gasteiger partial charge in [0.05, 0.1) is 98.5 Å². The molecule has 16 unspecified atom stereocenters. The van der Waals surface area contributed by atoms with Gasteiger partial charge in [0.25, 0.3) is 0 Å². The molecule has 107 heavy (non-hydrogen) atoms. The summed E-state index contributed by atoms with van der Waals surface area (Å²) in [5.41, 5.74) is 1.98. The van der Waals surface area contributed by atoms with E-state index in [2.05, 4.69) is 47.9 Å². The van der Waals surface area contributed by atoms with Gasteiger partial charge in [-0.2, -0.15) is 0 Å². The summed E-state index contributed by atoms with van der Waals surface area (Å²) in [6, 6.07) is 1.51. The smallest absolute Gasteiger partial charge is 0.242 e. The van der Waals surface area contributed by atoms with E-state index in [0.717, 1.165) is 16.5 Å². The molecule has 0 spiro atoms. The van der Waals surface area contributed by atoms with Crippen molar-refractivity contribution in [3.05, 3.63) is 36.0 Å². The summed E-state index contributed by atoms with van der Waals surface area (Å²) in [6.07, 6.45) is -13.3. The summed E-state index contributed by atoms with van der Waals surface area (Å²) in [4.78, 5) is 116. The van der Waals surface area contributed by atoms with Crippen molar-refractivity contribution in [2.24, 2.45) is 0 Å². The number of benzene rings is 1. The van der Waals surface area contributed by atoms with E-state index in [1.165, 1.54) is 20.8 Å². The third-order valence-corrected chi connectivity index (χ3v) is 17.6. The minimum Gasteiger partial charge on any atom is -0.394 e. The number of nitrogens with one attached hydrogen (secondary N) is 9. The lowest BCUT2D eigenvalue weighted by molar-refractivity contribution is -0.272. The fraction of sp³-hybridized carbons (Fsp3) is 0.750. The molecule has 18 atom stereocenters. The van der Waals surface area contributed by atoms with Crippen LogP contribution in [0.25, 0.3) is 10.9 Å². The second-order valence-electron chi connectivity index (χ2n) is 26.0. The average Bonchev–Trinajstić information content (AvgIpc) is 1.79. The Kier molecular flexibility index (Phi) is 41.9. The molecular weight excluding hydrogens is 1420 g/mol. The number of carbonyl (C=O) groups excluding carboxylic acids is 9. The van der Waals surface area contributed by atoms with Crippen LogP contribution in [0.1, 0.15) is 97.0 Å². The average molecular weight is 1530 g/mol. The fourth-order valence-corrected chi connectivity index (χ4v) is 12.0. The quantitative estimate of drug-likeness (QED) is 0.0274. The van der Waals surface area contributed by atoms with Crippen LogP contribution >= 0.6 is 0 Å². The van der Waals surface area contributed by atoms with Crippen molar-refractivity contribution in [2.75, 3.05) is 112 Å². The molecule has 1 aromatic heterocycles. The van der Waals surface area contributed by atoms with E-state index in [-0.39, 0.29) is 130 Å². The van der Waals surface area contributed by atoms with Gasteiger partial charge in [-0.1, -0.05) is 31.0 Å². The third kappa shape index (κ3) is 31.6. The molecule has 608 valence electrons. The number of fused-ring (bicyclic) bond motifs is 1. The van der Waals surface area contributed by atoms with Crippen molar-refractivity contribution in [2.45, 2.75) is 214 Å². The molecule has 0 bridgehead atoms. The highest BCUT2D eigenvalue weighted by atomic mass is 16.7. The number of hydrogen-bond acceptors (Lipinski definition) is 29. The zero-order valence-corrected chi connectivity index (χ0v) is 60.7. The Hall–Kier alpha value is -6.81. The SMILES string of the molecule is CC(=O)NC1C(OCCOCCNC(=O)CCC(NC(=O)CCC(NC(=O)CCCCCCC(=O)NCCCc2cn(C[C@@H](O)CO)c3ccccc23)C(=O)NCCOCCOC2OC(CO)C(O)C(O)C2NC(C)=O)C(=O)NCCOCCOC2O[C@H](CO)C(O)C(O)C2NC(C)=O)OC(CO)C(O)C1O. The standard InChI is InChI=1S/C68H112N10O29/c1-39(83)73-55-61(94)58(91)48(36-80)105-66(55)102-30-27-99-24-21-70-52(88)18-16-45(64(97)71-22-25-100-28-31-103-67-56(74-40(2)84)62(95)59(92)49(37-81)106-67)77-54(90)19-17-46(65(98)72-23-26-101-29-32-104-68-57(75-41(3)85)63(96)60(93)50(38-82)107-68)76-53(89)15-7-5-4-6-14-51(87)69-20-10-11-42-33-78(34-43(86)35-79)47-13-9-8-12-44(42)47/h8-9,12-13,33,43,45-46,48-50,55-63,66-68,79-82,86,91-96H,4-7,10-11,14-32,34-38H2,1-3H3,(H,69,87)(H,70,88)(H,71,97)(H,72,98)(H,73,83)(H,74,84)(H,75,85)(H,76,89)(H,77,90)/t43-,45?,46?,48?,49-,50?,55?,56?,57?,58?,59?,60?,61?,62?,63?,66?,67?,68?/m1/s1. The van der Waals surface area contributed by atoms with Gasteiger partial charge in [-0.15, -0.1) is 0 Å². The molecular formula is C68H112N10O29. The number of ether oxygens (including phenoxy) is 9. The Labute approximate surface area is 619 Å². The van der Waals surface area contributed by atoms with Gasteiger partial charge in [0, 0.05) is 89.7 Å². The van der Waals surface area contributed by atoms with Crippen molar-refractivity contribution in [3.8, 4) is 0 Å². The van der Waals surface area contributed by atoms with Crippen LogP contribution in [0.5, 0.6) is 0 Å². The number of unbranched alkanes of at least 4 members (excludes halogenated alkanes) is 3. The molecule has 3 aliphatic heterocycles. The largest absolute Gasteiger partial charge is 0.394 e. The summed E-state index contributed by atoms with van der Waals surface area (Å²) < 4.78 is 52.3. The van der Waals surface area contributed by atoms with Crippen LogP contribution in [0.2, 0.25) is 0 Å². The molecule has 3 fully saturated rings. The normalized spacial score (nSPS) is 25.2. The first kappa shape index (κ1) is 90.8. The Balaban J connectivity index is 1.15.